The maximum atomic E-state index is 12.5. The van der Waals surface area contributed by atoms with Gasteiger partial charge in [0.2, 0.25) is 5.91 Å². The van der Waals surface area contributed by atoms with Gasteiger partial charge in [-0.05, 0) is 25.3 Å². The van der Waals surface area contributed by atoms with Crippen molar-refractivity contribution in [2.24, 2.45) is 10.9 Å². The number of aliphatic imine (C=N–C) groups is 1. The molecular weight excluding hydrogens is 356 g/mol. The van der Waals surface area contributed by atoms with Crippen LogP contribution in [-0.4, -0.2) is 69.9 Å². The van der Waals surface area contributed by atoms with Gasteiger partial charge in [-0.25, -0.2) is 0 Å². The fourth-order valence-corrected chi connectivity index (χ4v) is 3.02. The highest BCUT2D eigenvalue weighted by molar-refractivity contribution is 5.86. The molecule has 0 aliphatic carbocycles. The van der Waals surface area contributed by atoms with Crippen LogP contribution in [0.25, 0.3) is 0 Å². The van der Waals surface area contributed by atoms with Crippen LogP contribution in [0.1, 0.15) is 25.3 Å². The van der Waals surface area contributed by atoms with Gasteiger partial charge in [0.15, 0.2) is 5.96 Å². The molecule has 7 heteroatoms. The third-order valence-corrected chi connectivity index (χ3v) is 4.72. The Morgan fingerprint density at radius 3 is 2.82 bits per heavy atom. The number of rotatable bonds is 11. The Balaban J connectivity index is 1.60. The molecule has 0 saturated carbocycles. The molecule has 0 radical (unpaired) electrons. The summed E-state index contributed by atoms with van der Waals surface area (Å²) in [6, 6.07) is 10.0. The normalized spacial score (nSPS) is 16.8. The van der Waals surface area contributed by atoms with Crippen LogP contribution < -0.4 is 10.6 Å². The minimum atomic E-state index is 0.0522. The summed E-state index contributed by atoms with van der Waals surface area (Å²) in [6.07, 6.45) is 1.99. The predicted octanol–water partition coefficient (Wildman–Crippen LogP) is 1.64. The lowest BCUT2D eigenvalue weighted by molar-refractivity contribution is -0.130. The SMILES string of the molecule is CCN(Cc1ccccc1)C(=O)CNC(=NC)NCCCOCC1CCOC1. The smallest absolute Gasteiger partial charge is 0.242 e. The van der Waals surface area contributed by atoms with E-state index >= 15 is 0 Å². The van der Waals surface area contributed by atoms with Crippen molar-refractivity contribution in [1.82, 2.24) is 15.5 Å². The number of benzene rings is 1. The van der Waals surface area contributed by atoms with Gasteiger partial charge in [-0.15, -0.1) is 0 Å². The van der Waals surface area contributed by atoms with Crippen molar-refractivity contribution in [2.75, 3.05) is 53.1 Å². The maximum Gasteiger partial charge on any atom is 0.242 e. The van der Waals surface area contributed by atoms with Gasteiger partial charge in [0, 0.05) is 45.8 Å². The molecule has 0 aromatic heterocycles. The Kier molecular flexibility index (Phi) is 10.4. The number of nitrogens with zero attached hydrogens (tertiary/aromatic N) is 2. The van der Waals surface area contributed by atoms with E-state index in [-0.39, 0.29) is 12.5 Å². The molecule has 2 rings (SSSR count). The molecule has 1 atom stereocenters. The number of amides is 1. The van der Waals surface area contributed by atoms with Crippen LogP contribution in [0.15, 0.2) is 35.3 Å². The molecule has 0 bridgehead atoms. The van der Waals surface area contributed by atoms with Gasteiger partial charge >= 0.3 is 0 Å². The summed E-state index contributed by atoms with van der Waals surface area (Å²) in [6.45, 7) is 7.41. The summed E-state index contributed by atoms with van der Waals surface area (Å²) in [5.74, 6) is 1.23. The van der Waals surface area contributed by atoms with Crippen molar-refractivity contribution in [3.05, 3.63) is 35.9 Å². The van der Waals surface area contributed by atoms with Crippen molar-refractivity contribution in [3.63, 3.8) is 0 Å². The van der Waals surface area contributed by atoms with Crippen molar-refractivity contribution in [3.8, 4) is 0 Å². The van der Waals surface area contributed by atoms with E-state index in [2.05, 4.69) is 15.6 Å². The number of hydrogen-bond acceptors (Lipinski definition) is 4. The molecule has 1 amide bonds. The number of nitrogens with one attached hydrogen (secondary N) is 2. The highest BCUT2D eigenvalue weighted by Crippen LogP contribution is 2.12. The molecule has 0 spiro atoms. The van der Waals surface area contributed by atoms with Crippen LogP contribution in [0.3, 0.4) is 0 Å². The quantitative estimate of drug-likeness (QED) is 0.341. The molecule has 1 aliphatic heterocycles. The van der Waals surface area contributed by atoms with E-state index in [9.17, 15) is 4.79 Å². The molecule has 1 fully saturated rings. The van der Waals surface area contributed by atoms with Gasteiger partial charge in [-0.3, -0.25) is 9.79 Å². The summed E-state index contributed by atoms with van der Waals surface area (Å²) in [4.78, 5) is 18.5. The van der Waals surface area contributed by atoms with Gasteiger partial charge in [-0.2, -0.15) is 0 Å². The van der Waals surface area contributed by atoms with Crippen LogP contribution >= 0.6 is 0 Å². The summed E-state index contributed by atoms with van der Waals surface area (Å²) < 4.78 is 11.0. The second-order valence-corrected chi connectivity index (χ2v) is 6.90. The number of guanidine groups is 1. The van der Waals surface area contributed by atoms with E-state index in [4.69, 9.17) is 9.47 Å². The van der Waals surface area contributed by atoms with E-state index in [1.54, 1.807) is 7.05 Å². The van der Waals surface area contributed by atoms with E-state index < -0.39 is 0 Å². The summed E-state index contributed by atoms with van der Waals surface area (Å²) >= 11 is 0. The molecule has 1 aliphatic rings. The standard InChI is InChI=1S/C21H34N4O3/c1-3-25(15-18-8-5-4-6-9-18)20(26)14-24-21(22-2)23-11-7-12-27-16-19-10-13-28-17-19/h4-6,8-9,19H,3,7,10-17H2,1-2H3,(H2,22,23,24). The fraction of sp³-hybridized carbons (Fsp3) is 0.619. The molecule has 1 aromatic carbocycles. The van der Waals surface area contributed by atoms with Gasteiger partial charge in [0.25, 0.3) is 0 Å². The van der Waals surface area contributed by atoms with Gasteiger partial charge in [-0.1, -0.05) is 30.3 Å². The van der Waals surface area contributed by atoms with Crippen LogP contribution in [0.2, 0.25) is 0 Å². The second-order valence-electron chi connectivity index (χ2n) is 6.90. The monoisotopic (exact) mass is 390 g/mol. The summed E-state index contributed by atoms with van der Waals surface area (Å²) in [7, 11) is 1.71. The first-order valence-electron chi connectivity index (χ1n) is 10.1. The summed E-state index contributed by atoms with van der Waals surface area (Å²) in [5.41, 5.74) is 1.13. The lowest BCUT2D eigenvalue weighted by atomic mass is 10.1. The molecular formula is C21H34N4O3. The van der Waals surface area contributed by atoms with Crippen LogP contribution in [-0.2, 0) is 20.8 Å². The van der Waals surface area contributed by atoms with Crippen LogP contribution in [0.5, 0.6) is 0 Å². The average molecular weight is 391 g/mol. The van der Waals surface area contributed by atoms with Crippen LogP contribution in [0, 0.1) is 5.92 Å². The third-order valence-electron chi connectivity index (χ3n) is 4.72. The van der Waals surface area contributed by atoms with Crippen molar-refractivity contribution in [1.29, 1.82) is 0 Å². The zero-order chi connectivity index (χ0) is 20.0. The van der Waals surface area contributed by atoms with E-state index in [1.165, 1.54) is 0 Å². The highest BCUT2D eigenvalue weighted by Gasteiger charge is 2.15. The lowest BCUT2D eigenvalue weighted by Gasteiger charge is -2.22. The topological polar surface area (TPSA) is 75.2 Å². The average Bonchev–Trinajstić information content (AvgIpc) is 3.25. The Labute approximate surface area is 168 Å². The first kappa shape index (κ1) is 22.2. The van der Waals surface area contributed by atoms with Crippen LogP contribution in [0.4, 0.5) is 0 Å². The molecule has 1 saturated heterocycles. The number of carbonyl (C=O) groups is 1. The number of likely N-dealkylation sites (N-methyl/N-ethyl adjacent to an activating group) is 1. The Bertz CT molecular complexity index is 589. The molecule has 1 aromatic rings. The van der Waals surface area contributed by atoms with Crippen molar-refractivity contribution >= 4 is 11.9 Å². The molecule has 7 nitrogen and oxygen atoms in total. The Hall–Kier alpha value is -2.12. The van der Waals surface area contributed by atoms with E-state index in [0.29, 0.717) is 31.6 Å². The van der Waals surface area contributed by atoms with Gasteiger partial charge < -0.3 is 25.0 Å². The molecule has 2 N–H and O–H groups in total. The number of hydrogen-bond donors (Lipinski definition) is 2. The third kappa shape index (κ3) is 8.27. The summed E-state index contributed by atoms with van der Waals surface area (Å²) in [5, 5.41) is 6.32. The number of ether oxygens (including phenoxy) is 2. The largest absolute Gasteiger partial charge is 0.381 e. The lowest BCUT2D eigenvalue weighted by Crippen LogP contribution is -2.44. The molecule has 156 valence electrons. The second kappa shape index (κ2) is 13.1. The number of carbonyl (C=O) groups excluding carboxylic acids is 1. The molecule has 1 heterocycles. The fourth-order valence-electron chi connectivity index (χ4n) is 3.02. The zero-order valence-corrected chi connectivity index (χ0v) is 17.2. The van der Waals surface area contributed by atoms with E-state index in [1.807, 2.05) is 42.2 Å². The zero-order valence-electron chi connectivity index (χ0n) is 17.2. The maximum absolute atomic E-state index is 12.5. The first-order chi connectivity index (χ1) is 13.7. The minimum absolute atomic E-state index is 0.0522. The molecule has 28 heavy (non-hydrogen) atoms. The Morgan fingerprint density at radius 1 is 1.32 bits per heavy atom. The Morgan fingerprint density at radius 2 is 2.14 bits per heavy atom. The minimum Gasteiger partial charge on any atom is -0.381 e. The first-order valence-corrected chi connectivity index (χ1v) is 10.1. The predicted molar refractivity (Wildman–Crippen MR) is 111 cm³/mol. The van der Waals surface area contributed by atoms with Crippen molar-refractivity contribution < 1.29 is 14.3 Å². The molecule has 1 unspecified atom stereocenters. The van der Waals surface area contributed by atoms with Gasteiger partial charge in [0.1, 0.15) is 0 Å². The van der Waals surface area contributed by atoms with Crippen molar-refractivity contribution in [2.45, 2.75) is 26.3 Å². The van der Waals surface area contributed by atoms with Gasteiger partial charge in [0.05, 0.1) is 19.8 Å². The highest BCUT2D eigenvalue weighted by atomic mass is 16.5. The van der Waals surface area contributed by atoms with E-state index in [0.717, 1.165) is 44.8 Å².